The van der Waals surface area contributed by atoms with Crippen molar-refractivity contribution in [2.45, 2.75) is 0 Å². The molecule has 32 valence electrons. The van der Waals surface area contributed by atoms with E-state index in [4.69, 9.17) is 15.0 Å². The molecule has 6 heavy (non-hydrogen) atoms. The first-order chi connectivity index (χ1) is 2.27. The van der Waals surface area contributed by atoms with Crippen molar-refractivity contribution in [2.24, 2.45) is 0 Å². The van der Waals surface area contributed by atoms with E-state index >= 15 is 0 Å². The van der Waals surface area contributed by atoms with Gasteiger partial charge in [0.2, 0.25) is 0 Å². The molecule has 0 aliphatic rings. The van der Waals surface area contributed by atoms with Crippen LogP contribution < -0.4 is 0 Å². The van der Waals surface area contributed by atoms with Gasteiger partial charge in [0, 0.05) is 0 Å². The van der Waals surface area contributed by atoms with Gasteiger partial charge in [-0.2, -0.15) is 0 Å². The number of carboxylic acids is 1. The predicted molar refractivity (Wildman–Crippen MR) is 21.9 cm³/mol. The molecule has 0 aliphatic carbocycles. The number of aliphatic carboxylic acids is 1. The molecule has 0 saturated heterocycles. The Morgan fingerprint density at radius 2 is 1.83 bits per heavy atom. The van der Waals surface area contributed by atoms with Gasteiger partial charge in [0.25, 0.3) is 0 Å². The molecule has 0 fully saturated rings. The summed E-state index contributed by atoms with van der Waals surface area (Å²) in [6.45, 7) is -0.778. The fraction of sp³-hybridized carbons (Fsp3) is 0.500. The van der Waals surface area contributed by atoms with E-state index in [1.54, 1.807) is 0 Å². The molecule has 2 N–H and O–H groups in total. The molecule has 0 heterocycles. The van der Waals surface area contributed by atoms with E-state index in [1.807, 2.05) is 0 Å². The molecule has 4 heteroatoms. The summed E-state index contributed by atoms with van der Waals surface area (Å²) in [7, 11) is 0. The van der Waals surface area contributed by atoms with Crippen LogP contribution in [0.15, 0.2) is 0 Å². The quantitative estimate of drug-likeness (QED) is 0.391. The number of carbonyl (C=O) groups is 1. The summed E-state index contributed by atoms with van der Waals surface area (Å²) >= 11 is 0. The van der Waals surface area contributed by atoms with Crippen LogP contribution in [0.25, 0.3) is 0 Å². The van der Waals surface area contributed by atoms with E-state index in [0.29, 0.717) is 0 Å². The van der Waals surface area contributed by atoms with Gasteiger partial charge in [-0.15, -0.1) is 0 Å². The standard InChI is InChI=1S/C2H4O3.Na.H/c3-1-2(4)5;;/h3H,1H2,(H,4,5);;. The minimum absolute atomic E-state index is 0. The average molecular weight is 100 g/mol. The summed E-state index contributed by atoms with van der Waals surface area (Å²) in [5, 5.41) is 15.0. The number of carboxylic acid groups (broad SMARTS) is 1. The summed E-state index contributed by atoms with van der Waals surface area (Å²) in [5.41, 5.74) is 0. The molecule has 3 nitrogen and oxygen atoms in total. The van der Waals surface area contributed by atoms with E-state index in [1.165, 1.54) is 0 Å². The van der Waals surface area contributed by atoms with Crippen LogP contribution in [0.2, 0.25) is 0 Å². The predicted octanol–water partition coefficient (Wildman–Crippen LogP) is -1.59. The van der Waals surface area contributed by atoms with E-state index in [2.05, 4.69) is 0 Å². The molecule has 0 rings (SSSR count). The third-order valence-corrected chi connectivity index (χ3v) is 0.135. The topological polar surface area (TPSA) is 57.5 Å². The van der Waals surface area contributed by atoms with Crippen molar-refractivity contribution in [2.75, 3.05) is 6.61 Å². The minimum atomic E-state index is -1.19. The molecule has 0 unspecified atom stereocenters. The van der Waals surface area contributed by atoms with Crippen LogP contribution in [0, 0.1) is 0 Å². The third-order valence-electron chi connectivity index (χ3n) is 0.135. The average Bonchev–Trinajstić information content (AvgIpc) is 1.38. The summed E-state index contributed by atoms with van der Waals surface area (Å²) in [5.74, 6) is -1.19. The van der Waals surface area contributed by atoms with Gasteiger partial charge in [-0.1, -0.05) is 0 Å². The normalized spacial score (nSPS) is 6.17. The van der Waals surface area contributed by atoms with Gasteiger partial charge in [-0.25, -0.2) is 4.79 Å². The zero-order valence-electron chi connectivity index (χ0n) is 2.51. The van der Waals surface area contributed by atoms with Crippen LogP contribution in [-0.2, 0) is 4.79 Å². The van der Waals surface area contributed by atoms with Crippen molar-refractivity contribution >= 4 is 35.5 Å². The first-order valence-electron chi connectivity index (χ1n) is 1.10. The summed E-state index contributed by atoms with van der Waals surface area (Å²) in [6.07, 6.45) is 0. The molecular formula is C2H5NaO3. The molecule has 0 aromatic carbocycles. The monoisotopic (exact) mass is 100 g/mol. The Hall–Kier alpha value is 0.430. The first-order valence-corrected chi connectivity index (χ1v) is 1.10. The maximum absolute atomic E-state index is 9.12. The van der Waals surface area contributed by atoms with Crippen LogP contribution in [0.3, 0.4) is 0 Å². The third kappa shape index (κ3) is 8.83. The van der Waals surface area contributed by atoms with Gasteiger partial charge >= 0.3 is 35.5 Å². The van der Waals surface area contributed by atoms with E-state index in [0.717, 1.165) is 0 Å². The second-order valence-electron chi connectivity index (χ2n) is 0.552. The van der Waals surface area contributed by atoms with Crippen LogP contribution in [0.4, 0.5) is 0 Å². The Balaban J connectivity index is 0. The molecule has 0 aliphatic heterocycles. The molecule has 0 spiro atoms. The van der Waals surface area contributed by atoms with Gasteiger partial charge in [0.1, 0.15) is 6.61 Å². The molecule has 0 amide bonds. The van der Waals surface area contributed by atoms with Crippen molar-refractivity contribution in [3.63, 3.8) is 0 Å². The molecule has 0 atom stereocenters. The Morgan fingerprint density at radius 3 is 1.83 bits per heavy atom. The van der Waals surface area contributed by atoms with Crippen molar-refractivity contribution in [1.29, 1.82) is 0 Å². The SMILES string of the molecule is O=C(O)CO.[NaH]. The Labute approximate surface area is 57.3 Å². The summed E-state index contributed by atoms with van der Waals surface area (Å²) in [4.78, 5) is 9.12. The van der Waals surface area contributed by atoms with Gasteiger partial charge in [-0.3, -0.25) is 0 Å². The van der Waals surface area contributed by atoms with Crippen LogP contribution in [-0.4, -0.2) is 52.3 Å². The van der Waals surface area contributed by atoms with Gasteiger partial charge in [0.15, 0.2) is 0 Å². The van der Waals surface area contributed by atoms with Crippen LogP contribution in [0.1, 0.15) is 0 Å². The Kier molecular flexibility index (Phi) is 8.74. The van der Waals surface area contributed by atoms with Gasteiger partial charge < -0.3 is 10.2 Å². The molecule has 0 radical (unpaired) electrons. The van der Waals surface area contributed by atoms with E-state index < -0.39 is 12.6 Å². The number of hydrogen-bond acceptors (Lipinski definition) is 2. The molecule has 0 saturated carbocycles. The van der Waals surface area contributed by atoms with Crippen LogP contribution >= 0.6 is 0 Å². The van der Waals surface area contributed by atoms with Crippen molar-refractivity contribution in [3.8, 4) is 0 Å². The fourth-order valence-electron chi connectivity index (χ4n) is 0. The number of aliphatic hydroxyl groups is 1. The fourth-order valence-corrected chi connectivity index (χ4v) is 0. The molecule has 0 aromatic heterocycles. The molecule has 0 aromatic rings. The number of rotatable bonds is 1. The number of aliphatic hydroxyl groups excluding tert-OH is 1. The van der Waals surface area contributed by atoms with Gasteiger partial charge in [-0.05, 0) is 0 Å². The maximum atomic E-state index is 9.12. The Morgan fingerprint density at radius 1 is 1.67 bits per heavy atom. The summed E-state index contributed by atoms with van der Waals surface area (Å²) in [6, 6.07) is 0. The van der Waals surface area contributed by atoms with Gasteiger partial charge in [0.05, 0.1) is 0 Å². The van der Waals surface area contributed by atoms with E-state index in [9.17, 15) is 0 Å². The van der Waals surface area contributed by atoms with Crippen molar-refractivity contribution < 1.29 is 15.0 Å². The number of hydrogen-bond donors (Lipinski definition) is 2. The first kappa shape index (κ1) is 9.66. The van der Waals surface area contributed by atoms with E-state index in [-0.39, 0.29) is 29.6 Å². The zero-order chi connectivity index (χ0) is 4.28. The second-order valence-corrected chi connectivity index (χ2v) is 0.552. The van der Waals surface area contributed by atoms with Crippen molar-refractivity contribution in [1.82, 2.24) is 0 Å². The molecule has 0 bridgehead atoms. The van der Waals surface area contributed by atoms with Crippen molar-refractivity contribution in [3.05, 3.63) is 0 Å². The Bertz CT molecular complexity index is 44.1. The second kappa shape index (κ2) is 5.43. The van der Waals surface area contributed by atoms with Crippen LogP contribution in [0.5, 0.6) is 0 Å². The summed E-state index contributed by atoms with van der Waals surface area (Å²) < 4.78 is 0. The molecular weight excluding hydrogens is 95.0 g/mol. The zero-order valence-corrected chi connectivity index (χ0v) is 2.51.